The third-order valence-electron chi connectivity index (χ3n) is 3.15. The molecule has 0 saturated heterocycles. The van der Waals surface area contributed by atoms with Crippen LogP contribution in [0.5, 0.6) is 0 Å². The average Bonchev–Trinajstić information content (AvgIpc) is 2.29. The van der Waals surface area contributed by atoms with Gasteiger partial charge in [0.1, 0.15) is 0 Å². The number of hydrogen-bond acceptors (Lipinski definition) is 2. The number of hydrogen-bond donors (Lipinski definition) is 0. The minimum Gasteiger partial charge on any atom is -0.465 e. The lowest BCUT2D eigenvalue weighted by molar-refractivity contribution is -0.149. The van der Waals surface area contributed by atoms with Gasteiger partial charge in [-0.15, -0.1) is 0 Å². The molecule has 2 heteroatoms. The van der Waals surface area contributed by atoms with E-state index in [0.717, 1.165) is 44.4 Å². The van der Waals surface area contributed by atoms with Gasteiger partial charge in [0.15, 0.2) is 0 Å². The second-order valence-corrected chi connectivity index (χ2v) is 5.30. The first kappa shape index (κ1) is 16.5. The Hall–Kier alpha value is -0.530. The zero-order valence-electron chi connectivity index (χ0n) is 12.1. The first-order valence-electron chi connectivity index (χ1n) is 7.28. The third kappa shape index (κ3) is 9.20. The molecule has 0 saturated carbocycles. The Bertz CT molecular complexity index is 187. The van der Waals surface area contributed by atoms with Crippen molar-refractivity contribution in [3.8, 4) is 0 Å². The maximum atomic E-state index is 11.8. The maximum absolute atomic E-state index is 11.8. The first-order valence-corrected chi connectivity index (χ1v) is 7.28. The van der Waals surface area contributed by atoms with E-state index in [0.29, 0.717) is 6.61 Å². The molecule has 1 unspecified atom stereocenters. The summed E-state index contributed by atoms with van der Waals surface area (Å²) in [5.74, 6) is 0.893. The molecule has 0 rings (SSSR count). The molecule has 0 aromatic heterocycles. The molecule has 0 aliphatic rings. The van der Waals surface area contributed by atoms with Gasteiger partial charge in [-0.05, 0) is 31.6 Å². The molecule has 0 aromatic rings. The van der Waals surface area contributed by atoms with Gasteiger partial charge in [0.25, 0.3) is 0 Å². The number of ether oxygens (including phenoxy) is 1. The van der Waals surface area contributed by atoms with Crippen LogP contribution in [0.25, 0.3) is 0 Å². The van der Waals surface area contributed by atoms with Gasteiger partial charge in [-0.3, -0.25) is 4.79 Å². The Morgan fingerprint density at radius 3 is 2.29 bits per heavy atom. The molecular weight excluding hydrogens is 212 g/mol. The first-order chi connectivity index (χ1) is 8.11. The molecule has 2 nitrogen and oxygen atoms in total. The van der Waals surface area contributed by atoms with Crippen LogP contribution in [0, 0.1) is 11.8 Å². The van der Waals surface area contributed by atoms with Crippen molar-refractivity contribution in [1.82, 2.24) is 0 Å². The molecule has 0 aromatic carbocycles. The molecule has 0 N–H and O–H groups in total. The van der Waals surface area contributed by atoms with Crippen molar-refractivity contribution in [2.75, 3.05) is 6.61 Å². The molecule has 0 aliphatic heterocycles. The van der Waals surface area contributed by atoms with E-state index in [1.54, 1.807) is 0 Å². The van der Waals surface area contributed by atoms with Crippen molar-refractivity contribution in [1.29, 1.82) is 0 Å². The standard InChI is InChI=1S/C15H30O2/c1-5-7-11-14(6-2)15(16)17-12-9-8-10-13(3)4/h13-14H,5-12H2,1-4H3. The van der Waals surface area contributed by atoms with Crippen molar-refractivity contribution in [3.05, 3.63) is 0 Å². The Morgan fingerprint density at radius 1 is 1.06 bits per heavy atom. The monoisotopic (exact) mass is 242 g/mol. The summed E-state index contributed by atoms with van der Waals surface area (Å²) >= 11 is 0. The summed E-state index contributed by atoms with van der Waals surface area (Å²) in [6.07, 6.45) is 7.57. The van der Waals surface area contributed by atoms with E-state index in [-0.39, 0.29) is 11.9 Å². The molecule has 1 atom stereocenters. The topological polar surface area (TPSA) is 26.3 Å². The van der Waals surface area contributed by atoms with Crippen LogP contribution in [0.3, 0.4) is 0 Å². The average molecular weight is 242 g/mol. The molecule has 0 heterocycles. The van der Waals surface area contributed by atoms with E-state index >= 15 is 0 Å². The molecule has 0 amide bonds. The number of carbonyl (C=O) groups excluding carboxylic acids is 1. The summed E-state index contributed by atoms with van der Waals surface area (Å²) in [7, 11) is 0. The fourth-order valence-electron chi connectivity index (χ4n) is 1.88. The Morgan fingerprint density at radius 2 is 1.76 bits per heavy atom. The van der Waals surface area contributed by atoms with Crippen molar-refractivity contribution < 1.29 is 9.53 Å². The van der Waals surface area contributed by atoms with Crippen LogP contribution in [0.1, 0.15) is 72.6 Å². The lowest BCUT2D eigenvalue weighted by Crippen LogP contribution is -2.17. The van der Waals surface area contributed by atoms with Crippen LogP contribution in [-0.4, -0.2) is 12.6 Å². The summed E-state index contributed by atoms with van der Waals surface area (Å²) in [6.45, 7) is 9.28. The van der Waals surface area contributed by atoms with Gasteiger partial charge in [-0.25, -0.2) is 0 Å². The van der Waals surface area contributed by atoms with Gasteiger partial charge in [0.05, 0.1) is 12.5 Å². The zero-order chi connectivity index (χ0) is 13.1. The Balaban J connectivity index is 3.60. The summed E-state index contributed by atoms with van der Waals surface area (Å²) in [5.41, 5.74) is 0. The fraction of sp³-hybridized carbons (Fsp3) is 0.933. The van der Waals surface area contributed by atoms with Gasteiger partial charge < -0.3 is 4.74 Å². The summed E-state index contributed by atoms with van der Waals surface area (Å²) in [5, 5.41) is 0. The number of rotatable bonds is 10. The zero-order valence-corrected chi connectivity index (χ0v) is 12.1. The summed E-state index contributed by atoms with van der Waals surface area (Å²) in [6, 6.07) is 0. The smallest absolute Gasteiger partial charge is 0.308 e. The van der Waals surface area contributed by atoms with Crippen LogP contribution in [0.4, 0.5) is 0 Å². The van der Waals surface area contributed by atoms with Crippen LogP contribution in [0.15, 0.2) is 0 Å². The third-order valence-corrected chi connectivity index (χ3v) is 3.15. The highest BCUT2D eigenvalue weighted by Crippen LogP contribution is 2.15. The van der Waals surface area contributed by atoms with E-state index in [1.807, 2.05) is 0 Å². The largest absolute Gasteiger partial charge is 0.465 e. The Kier molecular flexibility index (Phi) is 10.3. The molecule has 0 aliphatic carbocycles. The Labute approximate surface area is 107 Å². The molecule has 0 bridgehead atoms. The van der Waals surface area contributed by atoms with Crippen LogP contribution in [0.2, 0.25) is 0 Å². The van der Waals surface area contributed by atoms with Crippen LogP contribution in [-0.2, 0) is 9.53 Å². The van der Waals surface area contributed by atoms with E-state index in [1.165, 1.54) is 6.42 Å². The molecule has 0 radical (unpaired) electrons. The van der Waals surface area contributed by atoms with E-state index < -0.39 is 0 Å². The SMILES string of the molecule is CCCCC(CC)C(=O)OCCCCC(C)C. The van der Waals surface area contributed by atoms with Gasteiger partial charge in [-0.1, -0.05) is 47.0 Å². The lowest BCUT2D eigenvalue weighted by Gasteiger charge is -2.13. The minimum absolute atomic E-state index is 0.0190. The molecule has 17 heavy (non-hydrogen) atoms. The van der Waals surface area contributed by atoms with Gasteiger partial charge >= 0.3 is 5.97 Å². The minimum atomic E-state index is 0.0190. The van der Waals surface area contributed by atoms with E-state index in [2.05, 4.69) is 27.7 Å². The van der Waals surface area contributed by atoms with Crippen LogP contribution < -0.4 is 0 Å². The van der Waals surface area contributed by atoms with Crippen molar-refractivity contribution in [2.45, 2.75) is 72.6 Å². The number of unbranched alkanes of at least 4 members (excludes halogenated alkanes) is 2. The highest BCUT2D eigenvalue weighted by Gasteiger charge is 2.16. The summed E-state index contributed by atoms with van der Waals surface area (Å²) in [4.78, 5) is 11.8. The molecule has 0 spiro atoms. The van der Waals surface area contributed by atoms with Crippen LogP contribution >= 0.6 is 0 Å². The predicted molar refractivity (Wildman–Crippen MR) is 73.0 cm³/mol. The number of carbonyl (C=O) groups is 1. The van der Waals surface area contributed by atoms with Gasteiger partial charge in [-0.2, -0.15) is 0 Å². The summed E-state index contributed by atoms with van der Waals surface area (Å²) < 4.78 is 5.33. The highest BCUT2D eigenvalue weighted by molar-refractivity contribution is 5.72. The van der Waals surface area contributed by atoms with E-state index in [4.69, 9.17) is 4.74 Å². The van der Waals surface area contributed by atoms with Gasteiger partial charge in [0.2, 0.25) is 0 Å². The van der Waals surface area contributed by atoms with Crippen molar-refractivity contribution >= 4 is 5.97 Å². The van der Waals surface area contributed by atoms with Gasteiger partial charge in [0, 0.05) is 0 Å². The predicted octanol–water partition coefficient (Wildman–Crippen LogP) is 4.57. The lowest BCUT2D eigenvalue weighted by atomic mass is 10.00. The van der Waals surface area contributed by atoms with Crippen molar-refractivity contribution in [2.24, 2.45) is 11.8 Å². The second kappa shape index (κ2) is 10.6. The molecule has 0 fully saturated rings. The molecule has 102 valence electrons. The second-order valence-electron chi connectivity index (χ2n) is 5.30. The van der Waals surface area contributed by atoms with E-state index in [9.17, 15) is 4.79 Å². The highest BCUT2D eigenvalue weighted by atomic mass is 16.5. The number of esters is 1. The normalized spacial score (nSPS) is 12.8. The van der Waals surface area contributed by atoms with Crippen molar-refractivity contribution in [3.63, 3.8) is 0 Å². The molecular formula is C15H30O2. The fourth-order valence-corrected chi connectivity index (χ4v) is 1.88. The maximum Gasteiger partial charge on any atom is 0.308 e. The quantitative estimate of drug-likeness (QED) is 0.414.